The lowest BCUT2D eigenvalue weighted by Crippen LogP contribution is -2.43. The Labute approximate surface area is 131 Å². The number of aliphatic carboxylic acids is 1. The number of carboxylic acid groups (broad SMARTS) is 1. The third-order valence-electron chi connectivity index (χ3n) is 5.31. The summed E-state index contributed by atoms with van der Waals surface area (Å²) in [5.41, 5.74) is 0.632. The second kappa shape index (κ2) is 6.24. The van der Waals surface area contributed by atoms with Crippen molar-refractivity contribution in [3.63, 3.8) is 0 Å². The number of carboxylic acids is 1. The van der Waals surface area contributed by atoms with Crippen LogP contribution in [0.2, 0.25) is 0 Å². The molecule has 5 heteroatoms. The van der Waals surface area contributed by atoms with Gasteiger partial charge in [0, 0.05) is 18.3 Å². The minimum Gasteiger partial charge on any atom is -0.481 e. The number of hydrogen-bond acceptors (Lipinski definition) is 3. The van der Waals surface area contributed by atoms with Crippen LogP contribution in [0.4, 0.5) is 0 Å². The summed E-state index contributed by atoms with van der Waals surface area (Å²) < 4.78 is 2.10. The molecule has 0 aromatic carbocycles. The molecule has 1 aromatic heterocycles. The lowest BCUT2D eigenvalue weighted by molar-refractivity contribution is -0.152. The topological polar surface area (TPSA) is 58.4 Å². The smallest absolute Gasteiger partial charge is 0.310 e. The Kier molecular flexibility index (Phi) is 4.34. The first-order chi connectivity index (χ1) is 10.6. The molecule has 1 saturated heterocycles. The fourth-order valence-electron chi connectivity index (χ4n) is 3.49. The van der Waals surface area contributed by atoms with Crippen molar-refractivity contribution in [3.8, 4) is 0 Å². The Bertz CT molecular complexity index is 540. The van der Waals surface area contributed by atoms with Crippen molar-refractivity contribution in [1.29, 1.82) is 0 Å². The van der Waals surface area contributed by atoms with Crippen molar-refractivity contribution >= 4 is 5.97 Å². The summed E-state index contributed by atoms with van der Waals surface area (Å²) in [5.74, 6) is -0.676. The van der Waals surface area contributed by atoms with Gasteiger partial charge in [-0.3, -0.25) is 14.4 Å². The van der Waals surface area contributed by atoms with Gasteiger partial charge in [0.2, 0.25) is 0 Å². The molecule has 2 fully saturated rings. The first kappa shape index (κ1) is 15.3. The second-order valence-corrected chi connectivity index (χ2v) is 6.77. The van der Waals surface area contributed by atoms with E-state index in [0.29, 0.717) is 25.3 Å². The number of carbonyl (C=O) groups is 1. The van der Waals surface area contributed by atoms with Crippen LogP contribution in [-0.2, 0) is 11.3 Å². The summed E-state index contributed by atoms with van der Waals surface area (Å²) in [5, 5.41) is 14.0. The lowest BCUT2D eigenvalue weighted by atomic mass is 9.75. The standard InChI is InChI=1S/C17H25N3O2/c1-2-6-17(16(21)22)7-9-19(10-8-17)12-14-11-18-20(13-14)15-4-3-5-15/h2,11,13,15H,1,3-10,12H2,(H,21,22). The Balaban J connectivity index is 1.56. The zero-order chi connectivity index (χ0) is 15.6. The molecule has 22 heavy (non-hydrogen) atoms. The highest BCUT2D eigenvalue weighted by Gasteiger charge is 2.40. The number of likely N-dealkylation sites (tertiary alicyclic amines) is 1. The normalized spacial score (nSPS) is 22.2. The van der Waals surface area contributed by atoms with E-state index in [9.17, 15) is 9.90 Å². The van der Waals surface area contributed by atoms with Crippen LogP contribution in [0.25, 0.3) is 0 Å². The third kappa shape index (κ3) is 2.95. The molecule has 0 bridgehead atoms. The maximum Gasteiger partial charge on any atom is 0.310 e. The Hall–Kier alpha value is -1.62. The molecule has 1 aromatic rings. The summed E-state index contributed by atoms with van der Waals surface area (Å²) in [4.78, 5) is 13.9. The predicted octanol–water partition coefficient (Wildman–Crippen LogP) is 2.85. The van der Waals surface area contributed by atoms with Crippen molar-refractivity contribution < 1.29 is 9.90 Å². The molecule has 0 unspecified atom stereocenters. The van der Waals surface area contributed by atoms with Crippen LogP contribution < -0.4 is 0 Å². The van der Waals surface area contributed by atoms with Crippen LogP contribution in [0.15, 0.2) is 25.0 Å². The van der Waals surface area contributed by atoms with Gasteiger partial charge in [0.1, 0.15) is 0 Å². The highest BCUT2D eigenvalue weighted by Crippen LogP contribution is 2.36. The van der Waals surface area contributed by atoms with E-state index in [-0.39, 0.29) is 0 Å². The number of hydrogen-bond donors (Lipinski definition) is 1. The molecule has 1 aliphatic heterocycles. The predicted molar refractivity (Wildman–Crippen MR) is 84.5 cm³/mol. The number of allylic oxidation sites excluding steroid dienone is 1. The number of piperidine rings is 1. The van der Waals surface area contributed by atoms with E-state index in [4.69, 9.17) is 0 Å². The van der Waals surface area contributed by atoms with Crippen LogP contribution in [-0.4, -0.2) is 38.8 Å². The van der Waals surface area contributed by atoms with Crippen LogP contribution >= 0.6 is 0 Å². The molecule has 2 aliphatic rings. The van der Waals surface area contributed by atoms with Gasteiger partial charge in [0.05, 0.1) is 17.7 Å². The lowest BCUT2D eigenvalue weighted by Gasteiger charge is -2.38. The van der Waals surface area contributed by atoms with Gasteiger partial charge in [-0.25, -0.2) is 0 Å². The Morgan fingerprint density at radius 3 is 2.73 bits per heavy atom. The molecular formula is C17H25N3O2. The maximum absolute atomic E-state index is 11.6. The summed E-state index contributed by atoms with van der Waals surface area (Å²) in [6.07, 6.45) is 11.6. The fraction of sp³-hybridized carbons (Fsp3) is 0.647. The van der Waals surface area contributed by atoms with Gasteiger partial charge in [-0.2, -0.15) is 5.10 Å². The number of nitrogens with zero attached hydrogens (tertiary/aromatic N) is 3. The molecule has 2 heterocycles. The average molecular weight is 303 g/mol. The molecule has 0 atom stereocenters. The van der Waals surface area contributed by atoms with Gasteiger partial charge in [0.15, 0.2) is 0 Å². The van der Waals surface area contributed by atoms with E-state index >= 15 is 0 Å². The van der Waals surface area contributed by atoms with Crippen molar-refractivity contribution in [2.45, 2.75) is 51.1 Å². The highest BCUT2D eigenvalue weighted by atomic mass is 16.4. The molecule has 0 radical (unpaired) electrons. The summed E-state index contributed by atoms with van der Waals surface area (Å²) in [7, 11) is 0. The Morgan fingerprint density at radius 2 is 2.18 bits per heavy atom. The van der Waals surface area contributed by atoms with Crippen molar-refractivity contribution in [2.24, 2.45) is 5.41 Å². The quantitative estimate of drug-likeness (QED) is 0.821. The number of aromatic nitrogens is 2. The third-order valence-corrected chi connectivity index (χ3v) is 5.31. The van der Waals surface area contributed by atoms with Crippen molar-refractivity contribution in [2.75, 3.05) is 13.1 Å². The van der Waals surface area contributed by atoms with Crippen LogP contribution in [0.3, 0.4) is 0 Å². The van der Waals surface area contributed by atoms with E-state index in [1.807, 2.05) is 6.20 Å². The van der Waals surface area contributed by atoms with Gasteiger partial charge < -0.3 is 5.11 Å². The Morgan fingerprint density at radius 1 is 1.45 bits per heavy atom. The first-order valence-corrected chi connectivity index (χ1v) is 8.23. The van der Waals surface area contributed by atoms with Gasteiger partial charge in [-0.15, -0.1) is 6.58 Å². The summed E-state index contributed by atoms with van der Waals surface area (Å²) >= 11 is 0. The second-order valence-electron chi connectivity index (χ2n) is 6.77. The minimum atomic E-state index is -0.676. The highest BCUT2D eigenvalue weighted by molar-refractivity contribution is 5.75. The van der Waals surface area contributed by atoms with Crippen molar-refractivity contribution in [3.05, 3.63) is 30.6 Å². The van der Waals surface area contributed by atoms with Crippen molar-refractivity contribution in [1.82, 2.24) is 14.7 Å². The van der Waals surface area contributed by atoms with E-state index in [2.05, 4.69) is 27.5 Å². The maximum atomic E-state index is 11.6. The van der Waals surface area contributed by atoms with Gasteiger partial charge in [0.25, 0.3) is 0 Å². The average Bonchev–Trinajstić information content (AvgIpc) is 2.87. The van der Waals surface area contributed by atoms with E-state index in [1.54, 1.807) is 6.08 Å². The summed E-state index contributed by atoms with van der Waals surface area (Å²) in [6.45, 7) is 6.24. The molecule has 1 aliphatic carbocycles. The van der Waals surface area contributed by atoms with Gasteiger partial charge in [-0.1, -0.05) is 6.08 Å². The SMILES string of the molecule is C=CCC1(C(=O)O)CCN(Cc2cnn(C3CCC3)c2)CC1. The molecule has 3 rings (SSSR count). The molecule has 5 nitrogen and oxygen atoms in total. The fourth-order valence-corrected chi connectivity index (χ4v) is 3.49. The van der Waals surface area contributed by atoms with Gasteiger partial charge in [-0.05, 0) is 51.6 Å². The molecular weight excluding hydrogens is 278 g/mol. The molecule has 1 N–H and O–H groups in total. The minimum absolute atomic E-state index is 0.565. The van der Waals surface area contributed by atoms with E-state index in [0.717, 1.165) is 19.6 Å². The zero-order valence-electron chi connectivity index (χ0n) is 13.1. The molecule has 1 saturated carbocycles. The largest absolute Gasteiger partial charge is 0.481 e. The monoisotopic (exact) mass is 303 g/mol. The van der Waals surface area contributed by atoms with E-state index in [1.165, 1.54) is 24.8 Å². The van der Waals surface area contributed by atoms with Crippen LogP contribution in [0.1, 0.15) is 50.1 Å². The number of rotatable bonds is 6. The summed E-state index contributed by atoms with van der Waals surface area (Å²) in [6, 6.07) is 0.599. The first-order valence-electron chi connectivity index (χ1n) is 8.23. The molecule has 120 valence electrons. The van der Waals surface area contributed by atoms with E-state index < -0.39 is 11.4 Å². The van der Waals surface area contributed by atoms with Crippen LogP contribution in [0.5, 0.6) is 0 Å². The molecule has 0 spiro atoms. The van der Waals surface area contributed by atoms with Gasteiger partial charge >= 0.3 is 5.97 Å². The molecule has 0 amide bonds. The zero-order valence-corrected chi connectivity index (χ0v) is 13.1. The van der Waals surface area contributed by atoms with Crippen LogP contribution in [0, 0.1) is 5.41 Å².